The van der Waals surface area contributed by atoms with Crippen molar-refractivity contribution in [3.05, 3.63) is 29.6 Å². The van der Waals surface area contributed by atoms with E-state index in [4.69, 9.17) is 0 Å². The number of hydrogen-bond acceptors (Lipinski definition) is 1. The van der Waals surface area contributed by atoms with Crippen molar-refractivity contribution in [2.24, 2.45) is 0 Å². The molecular formula is C10H14F3N. The Morgan fingerprint density at radius 3 is 2.07 bits per heavy atom. The molecule has 0 saturated carbocycles. The van der Waals surface area contributed by atoms with Crippen molar-refractivity contribution < 1.29 is 13.2 Å². The largest absolute Gasteiger partial charge is 0.416 e. The second-order valence-corrected chi connectivity index (χ2v) is 2.90. The van der Waals surface area contributed by atoms with Gasteiger partial charge in [-0.2, -0.15) is 13.2 Å². The summed E-state index contributed by atoms with van der Waals surface area (Å²) in [5, 5.41) is 0. The molecule has 0 unspecified atom stereocenters. The number of aromatic nitrogens is 1. The van der Waals surface area contributed by atoms with Gasteiger partial charge in [-0.15, -0.1) is 0 Å². The van der Waals surface area contributed by atoms with E-state index in [1.807, 2.05) is 0 Å². The first-order chi connectivity index (χ1) is 6.43. The van der Waals surface area contributed by atoms with Crippen LogP contribution in [0.3, 0.4) is 0 Å². The normalized spacial score (nSPS) is 10.4. The lowest BCUT2D eigenvalue weighted by molar-refractivity contribution is -0.138. The summed E-state index contributed by atoms with van der Waals surface area (Å²) in [5.41, 5.74) is -0.465. The Labute approximate surface area is 82.0 Å². The third-order valence-corrected chi connectivity index (χ3v) is 1.33. The van der Waals surface area contributed by atoms with E-state index in [0.717, 1.165) is 12.3 Å². The monoisotopic (exact) mass is 205 g/mol. The lowest BCUT2D eigenvalue weighted by Gasteiger charge is -2.07. The van der Waals surface area contributed by atoms with Gasteiger partial charge in [-0.3, -0.25) is 4.98 Å². The summed E-state index contributed by atoms with van der Waals surface area (Å²) in [6, 6.07) is 0.968. The Bertz CT molecular complexity index is 268. The molecule has 80 valence electrons. The van der Waals surface area contributed by atoms with Gasteiger partial charge in [-0.25, -0.2) is 0 Å². The second-order valence-electron chi connectivity index (χ2n) is 2.90. The molecule has 0 amide bonds. The minimum Gasteiger partial charge on any atom is -0.264 e. The van der Waals surface area contributed by atoms with E-state index in [1.165, 1.54) is 19.5 Å². The molecule has 4 heteroatoms. The fourth-order valence-corrected chi connectivity index (χ4v) is 0.791. The average molecular weight is 205 g/mol. The Hall–Kier alpha value is -1.06. The Balaban J connectivity index is 0.000000500. The summed E-state index contributed by atoms with van der Waals surface area (Å²) in [5.74, 6) is 0. The number of nitrogens with zero attached hydrogens (tertiary/aromatic N) is 1. The molecule has 1 aromatic heterocycles. The summed E-state index contributed by atoms with van der Waals surface area (Å²) in [4.78, 5) is 3.56. The molecule has 0 bridgehead atoms. The first-order valence-electron chi connectivity index (χ1n) is 4.41. The van der Waals surface area contributed by atoms with Crippen molar-refractivity contribution >= 4 is 0 Å². The Morgan fingerprint density at radius 2 is 1.79 bits per heavy atom. The van der Waals surface area contributed by atoms with E-state index >= 15 is 0 Å². The topological polar surface area (TPSA) is 12.9 Å². The first kappa shape index (κ1) is 12.9. The van der Waals surface area contributed by atoms with E-state index in [9.17, 15) is 13.2 Å². The average Bonchev–Trinajstić information content (AvgIpc) is 2.04. The number of pyridine rings is 1. The third-order valence-electron chi connectivity index (χ3n) is 1.33. The van der Waals surface area contributed by atoms with E-state index in [-0.39, 0.29) is 5.56 Å². The number of alkyl halides is 3. The molecule has 1 aromatic rings. The molecular weight excluding hydrogens is 191 g/mol. The second kappa shape index (κ2) is 5.62. The zero-order valence-corrected chi connectivity index (χ0v) is 8.52. The van der Waals surface area contributed by atoms with Crippen LogP contribution in [-0.4, -0.2) is 4.98 Å². The van der Waals surface area contributed by atoms with Crippen molar-refractivity contribution in [1.29, 1.82) is 0 Å². The standard InChI is InChI=1S/C7H6F3N.C3H8/c1-5-4-11-3-2-6(5)7(8,9)10;1-3-2/h2-4H,1H3;3H2,1-2H3. The molecule has 1 rings (SSSR count). The fourth-order valence-electron chi connectivity index (χ4n) is 0.791. The van der Waals surface area contributed by atoms with Gasteiger partial charge >= 0.3 is 6.18 Å². The van der Waals surface area contributed by atoms with Crippen molar-refractivity contribution in [3.8, 4) is 0 Å². The number of hydrogen-bond donors (Lipinski definition) is 0. The van der Waals surface area contributed by atoms with Crippen LogP contribution in [0.4, 0.5) is 13.2 Å². The van der Waals surface area contributed by atoms with Gasteiger partial charge in [0, 0.05) is 12.4 Å². The first-order valence-corrected chi connectivity index (χ1v) is 4.41. The maximum Gasteiger partial charge on any atom is 0.416 e. The Kier molecular flexibility index (Phi) is 5.20. The Morgan fingerprint density at radius 1 is 1.29 bits per heavy atom. The molecule has 0 radical (unpaired) electrons. The maximum atomic E-state index is 12.0. The van der Waals surface area contributed by atoms with Crippen LogP contribution in [0.5, 0.6) is 0 Å². The van der Waals surface area contributed by atoms with Gasteiger partial charge in [0.05, 0.1) is 5.56 Å². The molecule has 14 heavy (non-hydrogen) atoms. The SMILES string of the molecule is CCC.Cc1cnccc1C(F)(F)F. The summed E-state index contributed by atoms with van der Waals surface area (Å²) >= 11 is 0. The van der Waals surface area contributed by atoms with Gasteiger partial charge in [0.1, 0.15) is 0 Å². The van der Waals surface area contributed by atoms with Gasteiger partial charge in [0.15, 0.2) is 0 Å². The van der Waals surface area contributed by atoms with Crippen LogP contribution in [0, 0.1) is 6.92 Å². The van der Waals surface area contributed by atoms with E-state index < -0.39 is 11.7 Å². The van der Waals surface area contributed by atoms with Crippen LogP contribution >= 0.6 is 0 Å². The maximum absolute atomic E-state index is 12.0. The van der Waals surface area contributed by atoms with Crippen LogP contribution < -0.4 is 0 Å². The van der Waals surface area contributed by atoms with E-state index in [1.54, 1.807) is 0 Å². The molecule has 0 atom stereocenters. The number of aryl methyl sites for hydroxylation is 1. The van der Waals surface area contributed by atoms with Crippen molar-refractivity contribution in [2.75, 3.05) is 0 Å². The highest BCUT2D eigenvalue weighted by Crippen LogP contribution is 2.30. The molecule has 0 aliphatic heterocycles. The van der Waals surface area contributed by atoms with Crippen LogP contribution in [0.15, 0.2) is 18.5 Å². The molecule has 0 aliphatic rings. The smallest absolute Gasteiger partial charge is 0.264 e. The van der Waals surface area contributed by atoms with Crippen molar-refractivity contribution in [1.82, 2.24) is 4.98 Å². The van der Waals surface area contributed by atoms with Crippen LogP contribution in [0.2, 0.25) is 0 Å². The molecule has 0 N–H and O–H groups in total. The minimum absolute atomic E-state index is 0.153. The summed E-state index contributed by atoms with van der Waals surface area (Å²) in [6.07, 6.45) is -0.675. The quantitative estimate of drug-likeness (QED) is 0.627. The lowest BCUT2D eigenvalue weighted by Crippen LogP contribution is -2.07. The minimum atomic E-state index is -4.26. The van der Waals surface area contributed by atoms with Gasteiger partial charge in [-0.05, 0) is 18.6 Å². The van der Waals surface area contributed by atoms with E-state index in [0.29, 0.717) is 0 Å². The van der Waals surface area contributed by atoms with Gasteiger partial charge in [0.25, 0.3) is 0 Å². The van der Waals surface area contributed by atoms with Gasteiger partial charge < -0.3 is 0 Å². The molecule has 0 saturated heterocycles. The fraction of sp³-hybridized carbons (Fsp3) is 0.500. The predicted molar refractivity (Wildman–Crippen MR) is 49.9 cm³/mol. The van der Waals surface area contributed by atoms with Crippen LogP contribution in [-0.2, 0) is 6.18 Å². The molecule has 1 nitrogen and oxygen atoms in total. The van der Waals surface area contributed by atoms with Gasteiger partial charge in [-0.1, -0.05) is 20.3 Å². The van der Waals surface area contributed by atoms with Crippen molar-refractivity contribution in [2.45, 2.75) is 33.4 Å². The zero-order chi connectivity index (χ0) is 11.2. The molecule has 0 aliphatic carbocycles. The third kappa shape index (κ3) is 4.25. The highest BCUT2D eigenvalue weighted by Gasteiger charge is 2.31. The van der Waals surface area contributed by atoms with E-state index in [2.05, 4.69) is 18.8 Å². The van der Waals surface area contributed by atoms with Crippen molar-refractivity contribution in [3.63, 3.8) is 0 Å². The summed E-state index contributed by atoms with van der Waals surface area (Å²) in [7, 11) is 0. The highest BCUT2D eigenvalue weighted by atomic mass is 19.4. The number of halogens is 3. The summed E-state index contributed by atoms with van der Waals surface area (Å²) < 4.78 is 36.1. The zero-order valence-electron chi connectivity index (χ0n) is 8.52. The number of rotatable bonds is 0. The summed E-state index contributed by atoms with van der Waals surface area (Å²) in [6.45, 7) is 5.63. The highest BCUT2D eigenvalue weighted by molar-refractivity contribution is 5.24. The molecule has 0 fully saturated rings. The molecule has 0 spiro atoms. The lowest BCUT2D eigenvalue weighted by atomic mass is 10.1. The van der Waals surface area contributed by atoms with Crippen LogP contribution in [0.25, 0.3) is 0 Å². The molecule has 0 aromatic carbocycles. The molecule has 1 heterocycles. The van der Waals surface area contributed by atoms with Gasteiger partial charge in [0.2, 0.25) is 0 Å². The predicted octanol–water partition coefficient (Wildman–Crippen LogP) is 3.83. The van der Waals surface area contributed by atoms with Crippen LogP contribution in [0.1, 0.15) is 31.4 Å².